The van der Waals surface area contributed by atoms with Crippen molar-refractivity contribution in [2.45, 2.75) is 5.60 Å². The zero-order valence-electron chi connectivity index (χ0n) is 14.7. The number of carbonyl (C=O) groups excluding carboxylic acids is 1. The highest BCUT2D eigenvalue weighted by molar-refractivity contribution is 5.91. The first-order valence-corrected chi connectivity index (χ1v) is 8.66. The van der Waals surface area contributed by atoms with E-state index in [9.17, 15) is 4.79 Å². The van der Waals surface area contributed by atoms with Crippen LogP contribution in [0.4, 0.5) is 5.82 Å². The molecule has 1 amide bonds. The van der Waals surface area contributed by atoms with Gasteiger partial charge in [0.15, 0.2) is 5.82 Å². The third kappa shape index (κ3) is 3.27. The Labute approximate surface area is 151 Å². The van der Waals surface area contributed by atoms with E-state index >= 15 is 0 Å². The van der Waals surface area contributed by atoms with E-state index in [2.05, 4.69) is 19.9 Å². The van der Waals surface area contributed by atoms with Gasteiger partial charge < -0.3 is 23.8 Å². The van der Waals surface area contributed by atoms with E-state index < -0.39 is 5.60 Å². The summed E-state index contributed by atoms with van der Waals surface area (Å²) < 4.78 is 13.7. The largest absolute Gasteiger partial charge is 0.376 e. The number of hydrogen-bond acceptors (Lipinski definition) is 7. The summed E-state index contributed by atoms with van der Waals surface area (Å²) in [4.78, 5) is 29.5. The zero-order valence-corrected chi connectivity index (χ0v) is 14.7. The number of imidazole rings is 1. The van der Waals surface area contributed by atoms with Gasteiger partial charge in [0.1, 0.15) is 11.4 Å². The quantitative estimate of drug-likeness (QED) is 0.744. The number of aromatic nitrogens is 4. The summed E-state index contributed by atoms with van der Waals surface area (Å²) in [7, 11) is 1.82. The van der Waals surface area contributed by atoms with Gasteiger partial charge in [-0.3, -0.25) is 9.78 Å². The molecule has 2 aliphatic rings. The molecule has 1 spiro atoms. The Morgan fingerprint density at radius 2 is 2.08 bits per heavy atom. The van der Waals surface area contributed by atoms with Crippen molar-refractivity contribution < 1.29 is 14.3 Å². The van der Waals surface area contributed by atoms with E-state index in [-0.39, 0.29) is 5.91 Å². The molecule has 2 saturated heterocycles. The first-order chi connectivity index (χ1) is 12.7. The maximum atomic E-state index is 12.9. The molecule has 26 heavy (non-hydrogen) atoms. The van der Waals surface area contributed by atoms with Gasteiger partial charge >= 0.3 is 0 Å². The number of aryl methyl sites for hydroxylation is 1. The third-order valence-corrected chi connectivity index (χ3v) is 4.77. The molecule has 1 atom stereocenters. The molecule has 2 aromatic heterocycles. The van der Waals surface area contributed by atoms with Gasteiger partial charge in [-0.25, -0.2) is 9.97 Å². The molecule has 0 saturated carbocycles. The van der Waals surface area contributed by atoms with Crippen molar-refractivity contribution in [1.29, 1.82) is 0 Å². The Hall–Kier alpha value is -2.52. The normalized spacial score (nSPS) is 23.9. The lowest BCUT2D eigenvalue weighted by Gasteiger charge is -2.43. The van der Waals surface area contributed by atoms with Crippen molar-refractivity contribution in [1.82, 2.24) is 24.4 Å². The monoisotopic (exact) mass is 358 g/mol. The van der Waals surface area contributed by atoms with Crippen molar-refractivity contribution >= 4 is 11.7 Å². The Morgan fingerprint density at radius 1 is 1.15 bits per heavy atom. The molecule has 4 heterocycles. The van der Waals surface area contributed by atoms with Crippen LogP contribution in [0.1, 0.15) is 10.6 Å². The lowest BCUT2D eigenvalue weighted by Crippen LogP contribution is -2.60. The van der Waals surface area contributed by atoms with Gasteiger partial charge in [-0.2, -0.15) is 0 Å². The molecule has 9 heteroatoms. The molecule has 0 radical (unpaired) electrons. The second-order valence-corrected chi connectivity index (χ2v) is 6.66. The first kappa shape index (κ1) is 16.9. The van der Waals surface area contributed by atoms with E-state index in [1.165, 1.54) is 0 Å². The van der Waals surface area contributed by atoms with E-state index in [0.29, 0.717) is 51.8 Å². The lowest BCUT2D eigenvalue weighted by atomic mass is 10.0. The number of anilines is 1. The van der Waals surface area contributed by atoms with E-state index in [4.69, 9.17) is 9.47 Å². The summed E-state index contributed by atoms with van der Waals surface area (Å²) in [5.41, 5.74) is -0.590. The van der Waals surface area contributed by atoms with Gasteiger partial charge in [0.2, 0.25) is 0 Å². The smallest absolute Gasteiger partial charge is 0.290 e. The minimum absolute atomic E-state index is 0.0875. The van der Waals surface area contributed by atoms with Crippen LogP contribution in [-0.2, 0) is 16.5 Å². The predicted molar refractivity (Wildman–Crippen MR) is 92.9 cm³/mol. The fourth-order valence-corrected chi connectivity index (χ4v) is 3.47. The van der Waals surface area contributed by atoms with E-state index in [1.807, 2.05) is 7.05 Å². The van der Waals surface area contributed by atoms with Crippen molar-refractivity contribution in [3.63, 3.8) is 0 Å². The first-order valence-electron chi connectivity index (χ1n) is 8.66. The third-order valence-electron chi connectivity index (χ3n) is 4.77. The van der Waals surface area contributed by atoms with Crippen LogP contribution < -0.4 is 4.90 Å². The van der Waals surface area contributed by atoms with E-state index in [1.54, 1.807) is 40.5 Å². The molecule has 2 aromatic rings. The van der Waals surface area contributed by atoms with Crippen LogP contribution in [-0.4, -0.2) is 81.9 Å². The Balaban J connectivity index is 1.54. The molecule has 0 N–H and O–H groups in total. The number of rotatable bonds is 2. The molecule has 2 fully saturated rings. The Bertz CT molecular complexity index is 767. The highest BCUT2D eigenvalue weighted by Gasteiger charge is 2.42. The number of carbonyl (C=O) groups is 1. The van der Waals surface area contributed by atoms with Crippen molar-refractivity contribution in [2.75, 3.05) is 50.9 Å². The van der Waals surface area contributed by atoms with Crippen molar-refractivity contribution in [3.8, 4) is 0 Å². The molecule has 9 nitrogen and oxygen atoms in total. The average Bonchev–Trinajstić information content (AvgIpc) is 3.00. The average molecular weight is 358 g/mol. The number of hydrogen-bond donors (Lipinski definition) is 0. The fraction of sp³-hybridized carbons (Fsp3) is 0.529. The van der Waals surface area contributed by atoms with Crippen LogP contribution in [0.2, 0.25) is 0 Å². The van der Waals surface area contributed by atoms with Crippen LogP contribution in [0.5, 0.6) is 0 Å². The summed E-state index contributed by atoms with van der Waals surface area (Å²) >= 11 is 0. The summed E-state index contributed by atoms with van der Waals surface area (Å²) in [6.07, 6.45) is 8.46. The van der Waals surface area contributed by atoms with Gasteiger partial charge in [-0.05, 0) is 0 Å². The molecule has 138 valence electrons. The van der Waals surface area contributed by atoms with Crippen LogP contribution in [0.3, 0.4) is 0 Å². The fourth-order valence-electron chi connectivity index (χ4n) is 3.47. The summed E-state index contributed by atoms with van der Waals surface area (Å²) in [5.74, 6) is 1.13. The zero-order chi connectivity index (χ0) is 18.0. The maximum absolute atomic E-state index is 12.9. The molecule has 2 aliphatic heterocycles. The van der Waals surface area contributed by atoms with Crippen LogP contribution >= 0.6 is 0 Å². The van der Waals surface area contributed by atoms with Crippen LogP contribution in [0.15, 0.2) is 31.0 Å². The lowest BCUT2D eigenvalue weighted by molar-refractivity contribution is -0.124. The number of amides is 1. The van der Waals surface area contributed by atoms with Gasteiger partial charge in [-0.15, -0.1) is 0 Å². The number of ether oxygens (including phenoxy) is 2. The van der Waals surface area contributed by atoms with Crippen LogP contribution in [0, 0.1) is 0 Å². The summed E-state index contributed by atoms with van der Waals surface area (Å²) in [5, 5.41) is 0. The summed E-state index contributed by atoms with van der Waals surface area (Å²) in [6.45, 7) is 3.78. The van der Waals surface area contributed by atoms with Crippen molar-refractivity contribution in [3.05, 3.63) is 36.8 Å². The van der Waals surface area contributed by atoms with Crippen LogP contribution in [0.25, 0.3) is 0 Å². The van der Waals surface area contributed by atoms with Gasteiger partial charge in [0, 0.05) is 44.9 Å². The standard InChI is InChI=1S/C17H22N6O3/c1-21-5-4-20-15(21)16(24)23-7-9-26-17(12-23)11-22(6-8-25-13-17)14-10-18-2-3-19-14/h2-5,10H,6-9,11-13H2,1H3. The second-order valence-electron chi connectivity index (χ2n) is 6.66. The minimum Gasteiger partial charge on any atom is -0.376 e. The van der Waals surface area contributed by atoms with Crippen molar-refractivity contribution in [2.24, 2.45) is 7.05 Å². The molecule has 0 aromatic carbocycles. The second kappa shape index (κ2) is 7.00. The maximum Gasteiger partial charge on any atom is 0.290 e. The topological polar surface area (TPSA) is 85.6 Å². The molecular weight excluding hydrogens is 336 g/mol. The molecular formula is C17H22N6O3. The molecule has 0 aliphatic carbocycles. The Kier molecular flexibility index (Phi) is 4.56. The number of nitrogens with zero attached hydrogens (tertiary/aromatic N) is 6. The summed E-state index contributed by atoms with van der Waals surface area (Å²) in [6, 6.07) is 0. The highest BCUT2D eigenvalue weighted by atomic mass is 16.5. The van der Waals surface area contributed by atoms with Gasteiger partial charge in [0.25, 0.3) is 5.91 Å². The SMILES string of the molecule is Cn1ccnc1C(=O)N1CCOC2(COCCN(c3cnccn3)C2)C1. The molecule has 0 bridgehead atoms. The van der Waals surface area contributed by atoms with Gasteiger partial charge in [-0.1, -0.05) is 0 Å². The van der Waals surface area contributed by atoms with E-state index in [0.717, 1.165) is 5.82 Å². The Morgan fingerprint density at radius 3 is 2.85 bits per heavy atom. The predicted octanol–water partition coefficient (Wildman–Crippen LogP) is -0.0419. The molecule has 1 unspecified atom stereocenters. The van der Waals surface area contributed by atoms with Gasteiger partial charge in [0.05, 0.1) is 39.1 Å². The highest BCUT2D eigenvalue weighted by Crippen LogP contribution is 2.25. The number of morpholine rings is 1. The minimum atomic E-state index is -0.590. The molecule has 4 rings (SSSR count).